The summed E-state index contributed by atoms with van der Waals surface area (Å²) in [5.41, 5.74) is 3.45. The Labute approximate surface area is 183 Å². The lowest BCUT2D eigenvalue weighted by Crippen LogP contribution is -2.16. The van der Waals surface area contributed by atoms with Crippen LogP contribution in [0.1, 0.15) is 49.5 Å². The first-order chi connectivity index (χ1) is 15.7. The predicted octanol–water partition coefficient (Wildman–Crippen LogP) is 3.44. The van der Waals surface area contributed by atoms with Gasteiger partial charge in [0.25, 0.3) is 5.91 Å². The molecule has 4 heterocycles. The topological polar surface area (TPSA) is 126 Å². The number of rotatable bonds is 6. The molecule has 32 heavy (non-hydrogen) atoms. The number of carbonyl (C=O) groups is 1. The molecule has 1 fully saturated rings. The van der Waals surface area contributed by atoms with Crippen LogP contribution in [-0.4, -0.2) is 40.4 Å². The van der Waals surface area contributed by atoms with E-state index in [0.717, 1.165) is 29.8 Å². The van der Waals surface area contributed by atoms with Crippen molar-refractivity contribution in [1.29, 1.82) is 0 Å². The first-order valence-electron chi connectivity index (χ1n) is 10.7. The number of nitrogens with zero attached hydrogens (tertiary/aromatic N) is 6. The van der Waals surface area contributed by atoms with Crippen LogP contribution >= 0.6 is 0 Å². The molecule has 10 heteroatoms. The Morgan fingerprint density at radius 1 is 1.16 bits per heavy atom. The van der Waals surface area contributed by atoms with Gasteiger partial charge in [0, 0.05) is 47.4 Å². The van der Waals surface area contributed by atoms with Gasteiger partial charge >= 0.3 is 0 Å². The fraction of sp³-hybridized carbons (Fsp3) is 0.273. The Hall–Kier alpha value is -4.08. The van der Waals surface area contributed by atoms with Crippen LogP contribution in [0, 0.1) is 0 Å². The fourth-order valence-corrected chi connectivity index (χ4v) is 4.07. The van der Waals surface area contributed by atoms with Crippen LogP contribution in [0.2, 0.25) is 0 Å². The molecule has 6 rings (SSSR count). The molecule has 4 aromatic heterocycles. The zero-order chi connectivity index (χ0) is 21.5. The minimum atomic E-state index is -0.187. The number of aromatic nitrogens is 7. The molecule has 4 aromatic rings. The third-order valence-corrected chi connectivity index (χ3v) is 5.81. The summed E-state index contributed by atoms with van der Waals surface area (Å²) in [7, 11) is 0. The molecule has 160 valence electrons. The monoisotopic (exact) mass is 427 g/mol. The second-order valence-corrected chi connectivity index (χ2v) is 8.07. The molecule has 0 spiro atoms. The van der Waals surface area contributed by atoms with Crippen molar-refractivity contribution in [2.24, 2.45) is 0 Å². The van der Waals surface area contributed by atoms with Gasteiger partial charge in [-0.25, -0.2) is 9.97 Å². The highest BCUT2D eigenvalue weighted by Crippen LogP contribution is 2.40. The van der Waals surface area contributed by atoms with Crippen molar-refractivity contribution in [2.75, 3.05) is 10.6 Å². The summed E-state index contributed by atoms with van der Waals surface area (Å²) in [6.45, 7) is 0. The highest BCUT2D eigenvalue weighted by atomic mass is 16.1. The van der Waals surface area contributed by atoms with Gasteiger partial charge in [-0.2, -0.15) is 10.1 Å². The van der Waals surface area contributed by atoms with Crippen LogP contribution in [0.5, 0.6) is 0 Å². The molecule has 2 aliphatic carbocycles. The molecule has 0 radical (unpaired) electrons. The van der Waals surface area contributed by atoms with E-state index in [0.29, 0.717) is 41.3 Å². The van der Waals surface area contributed by atoms with Gasteiger partial charge in [0.15, 0.2) is 17.5 Å². The maximum absolute atomic E-state index is 12.9. The number of fused-ring (bicyclic) bond motifs is 1. The van der Waals surface area contributed by atoms with Crippen LogP contribution in [0.15, 0.2) is 48.6 Å². The first-order valence-corrected chi connectivity index (χ1v) is 10.7. The molecule has 0 aliphatic heterocycles. The standard InChI is InChI=1S/C22H21N9O/c32-21(25-18-12-23-8-9-24-18)15-4-1-3-14(15)20-27-19-5-2-10-31(19)22(28-20)26-17-11-16(29-30-17)13-6-7-13/h2,5,8-13H,1,3-4,6-7H2,(H,24,25,32)(H2,26,27,28,29,30). The maximum Gasteiger partial charge on any atom is 0.253 e. The van der Waals surface area contributed by atoms with E-state index in [4.69, 9.17) is 9.97 Å². The zero-order valence-electron chi connectivity index (χ0n) is 17.2. The lowest BCUT2D eigenvalue weighted by molar-refractivity contribution is -0.112. The highest BCUT2D eigenvalue weighted by molar-refractivity contribution is 6.08. The molecular weight excluding hydrogens is 406 g/mol. The van der Waals surface area contributed by atoms with Gasteiger partial charge in [0.1, 0.15) is 5.65 Å². The van der Waals surface area contributed by atoms with Crippen molar-refractivity contribution in [1.82, 2.24) is 34.5 Å². The Balaban J connectivity index is 1.35. The second kappa shape index (κ2) is 7.56. The maximum atomic E-state index is 12.9. The van der Waals surface area contributed by atoms with Gasteiger partial charge in [-0.1, -0.05) is 0 Å². The lowest BCUT2D eigenvalue weighted by Gasteiger charge is -2.11. The van der Waals surface area contributed by atoms with Crippen molar-refractivity contribution in [3.63, 3.8) is 0 Å². The van der Waals surface area contributed by atoms with Crippen molar-refractivity contribution in [2.45, 2.75) is 38.0 Å². The molecule has 0 saturated heterocycles. The van der Waals surface area contributed by atoms with Crippen molar-refractivity contribution < 1.29 is 4.79 Å². The van der Waals surface area contributed by atoms with Gasteiger partial charge < -0.3 is 10.6 Å². The molecule has 0 atom stereocenters. The highest BCUT2D eigenvalue weighted by Gasteiger charge is 2.27. The van der Waals surface area contributed by atoms with Gasteiger partial charge in [-0.15, -0.1) is 0 Å². The summed E-state index contributed by atoms with van der Waals surface area (Å²) in [5, 5.41) is 13.6. The predicted molar refractivity (Wildman–Crippen MR) is 118 cm³/mol. The summed E-state index contributed by atoms with van der Waals surface area (Å²) in [4.78, 5) is 30.6. The normalized spacial score (nSPS) is 16.0. The molecule has 1 saturated carbocycles. The number of aromatic amines is 1. The van der Waals surface area contributed by atoms with E-state index < -0.39 is 0 Å². The molecule has 0 bridgehead atoms. The number of amides is 1. The van der Waals surface area contributed by atoms with Crippen molar-refractivity contribution >= 4 is 34.7 Å². The van der Waals surface area contributed by atoms with Crippen LogP contribution in [0.25, 0.3) is 11.2 Å². The molecule has 0 unspecified atom stereocenters. The molecule has 2 aliphatic rings. The number of nitrogens with one attached hydrogen (secondary N) is 3. The van der Waals surface area contributed by atoms with E-state index in [1.165, 1.54) is 19.0 Å². The molecule has 0 aromatic carbocycles. The quantitative estimate of drug-likeness (QED) is 0.430. The summed E-state index contributed by atoms with van der Waals surface area (Å²) in [6, 6.07) is 5.87. The number of anilines is 3. The largest absolute Gasteiger partial charge is 0.308 e. The van der Waals surface area contributed by atoms with Gasteiger partial charge in [-0.05, 0) is 44.2 Å². The van der Waals surface area contributed by atoms with Gasteiger partial charge in [0.2, 0.25) is 5.95 Å². The summed E-state index contributed by atoms with van der Waals surface area (Å²) in [6.07, 6.45) is 11.2. The number of carbonyl (C=O) groups excluding carboxylic acids is 1. The fourth-order valence-electron chi connectivity index (χ4n) is 4.07. The van der Waals surface area contributed by atoms with Crippen LogP contribution in [0.3, 0.4) is 0 Å². The average molecular weight is 427 g/mol. The lowest BCUT2D eigenvalue weighted by atomic mass is 10.1. The summed E-state index contributed by atoms with van der Waals surface area (Å²) in [5.74, 6) is 2.70. The van der Waals surface area contributed by atoms with E-state index in [2.05, 4.69) is 30.8 Å². The molecular formula is C22H21N9O. The van der Waals surface area contributed by atoms with Crippen molar-refractivity contribution in [3.05, 3.63) is 60.1 Å². The average Bonchev–Trinajstić information content (AvgIpc) is 3.20. The zero-order valence-corrected chi connectivity index (χ0v) is 17.2. The Morgan fingerprint density at radius 2 is 2.09 bits per heavy atom. The number of allylic oxidation sites excluding steroid dienone is 1. The van der Waals surface area contributed by atoms with Gasteiger partial charge in [0.05, 0.1) is 6.20 Å². The Kier molecular flexibility index (Phi) is 4.41. The van der Waals surface area contributed by atoms with E-state index in [1.807, 2.05) is 28.8 Å². The third kappa shape index (κ3) is 3.49. The van der Waals surface area contributed by atoms with E-state index >= 15 is 0 Å². The van der Waals surface area contributed by atoms with Crippen LogP contribution in [0.4, 0.5) is 17.6 Å². The van der Waals surface area contributed by atoms with Crippen LogP contribution < -0.4 is 10.6 Å². The van der Waals surface area contributed by atoms with E-state index in [-0.39, 0.29) is 5.91 Å². The molecule has 1 amide bonds. The van der Waals surface area contributed by atoms with E-state index in [1.54, 1.807) is 12.4 Å². The minimum absolute atomic E-state index is 0.187. The number of hydrogen-bond donors (Lipinski definition) is 3. The van der Waals surface area contributed by atoms with Crippen LogP contribution in [-0.2, 0) is 4.79 Å². The molecule has 10 nitrogen and oxygen atoms in total. The number of H-pyrrole nitrogens is 1. The minimum Gasteiger partial charge on any atom is -0.308 e. The van der Waals surface area contributed by atoms with Crippen molar-refractivity contribution in [3.8, 4) is 0 Å². The summed E-state index contributed by atoms with van der Waals surface area (Å²) < 4.78 is 1.88. The van der Waals surface area contributed by atoms with E-state index in [9.17, 15) is 4.79 Å². The molecule has 3 N–H and O–H groups in total. The smallest absolute Gasteiger partial charge is 0.253 e. The van der Waals surface area contributed by atoms with Gasteiger partial charge in [-0.3, -0.25) is 19.3 Å². The summed E-state index contributed by atoms with van der Waals surface area (Å²) >= 11 is 0. The first kappa shape index (κ1) is 18.7. The number of hydrogen-bond acceptors (Lipinski definition) is 7. The third-order valence-electron chi connectivity index (χ3n) is 5.81. The Morgan fingerprint density at radius 3 is 2.94 bits per heavy atom. The SMILES string of the molecule is O=C(Nc1cnccn1)C1=C(c2nc(Nc3cc(C4CC4)[nH]n3)n3cccc3n2)CCC1. The Bertz CT molecular complexity index is 1330. The second-order valence-electron chi connectivity index (χ2n) is 8.07.